The second kappa shape index (κ2) is 8.20. The quantitative estimate of drug-likeness (QED) is 0.656. The van der Waals surface area contributed by atoms with Crippen molar-refractivity contribution >= 4 is 39.1 Å². The van der Waals surface area contributed by atoms with E-state index in [1.165, 1.54) is 11.8 Å². The molecule has 1 saturated heterocycles. The van der Waals surface area contributed by atoms with Crippen LogP contribution in [0.4, 0.5) is 0 Å². The average molecular weight is 429 g/mol. The highest BCUT2D eigenvalue weighted by atomic mass is 35.5. The molecule has 2 heterocycles. The van der Waals surface area contributed by atoms with E-state index in [9.17, 15) is 13.2 Å². The fourth-order valence-electron chi connectivity index (χ4n) is 3.16. The topological polar surface area (TPSA) is 85.2 Å². The van der Waals surface area contributed by atoms with Gasteiger partial charge in [-0.05, 0) is 37.6 Å². The van der Waals surface area contributed by atoms with Gasteiger partial charge in [0.2, 0.25) is 5.91 Å². The molecule has 146 valence electrons. The molecule has 0 radical (unpaired) electrons. The summed E-state index contributed by atoms with van der Waals surface area (Å²) < 4.78 is 25.2. The molecule has 1 aromatic heterocycles. The molecule has 2 aromatic rings. The summed E-state index contributed by atoms with van der Waals surface area (Å²) in [6, 6.07) is 7.08. The summed E-state index contributed by atoms with van der Waals surface area (Å²) in [5.41, 5.74) is 0.888. The number of carbonyl (C=O) groups is 1. The van der Waals surface area contributed by atoms with E-state index in [2.05, 4.69) is 10.2 Å². The second-order valence-corrected chi connectivity index (χ2v) is 10.0. The molecule has 7 nitrogen and oxygen atoms in total. The largest absolute Gasteiger partial charge is 0.338 e. The van der Waals surface area contributed by atoms with E-state index in [-0.39, 0.29) is 29.2 Å². The lowest BCUT2D eigenvalue weighted by molar-refractivity contribution is -0.129. The summed E-state index contributed by atoms with van der Waals surface area (Å²) >= 11 is 7.22. The fourth-order valence-corrected chi connectivity index (χ4v) is 5.81. The van der Waals surface area contributed by atoms with Crippen LogP contribution in [0.5, 0.6) is 0 Å². The van der Waals surface area contributed by atoms with Crippen molar-refractivity contribution in [2.75, 3.05) is 23.8 Å². The number of rotatable bonds is 6. The standard InChI is InChI=1S/C17H21ClN4O3S2/c1-3-22(14-8-9-27(24,25)11-14)15(23)10-26-17-20-19-16(21(17)2)12-4-6-13(18)7-5-12/h4-7,14H,3,8-11H2,1-2H3/t14-/m1/s1. The Labute approximate surface area is 168 Å². The molecule has 1 fully saturated rings. The third kappa shape index (κ3) is 4.64. The van der Waals surface area contributed by atoms with Gasteiger partial charge in [-0.2, -0.15) is 0 Å². The van der Waals surface area contributed by atoms with Crippen LogP contribution in [-0.4, -0.2) is 63.8 Å². The van der Waals surface area contributed by atoms with Crippen LogP contribution < -0.4 is 0 Å². The van der Waals surface area contributed by atoms with E-state index >= 15 is 0 Å². The maximum absolute atomic E-state index is 12.6. The number of hydrogen-bond acceptors (Lipinski definition) is 6. The third-order valence-electron chi connectivity index (χ3n) is 4.57. The van der Waals surface area contributed by atoms with Crippen molar-refractivity contribution in [3.8, 4) is 11.4 Å². The summed E-state index contributed by atoms with van der Waals surface area (Å²) in [5, 5.41) is 9.64. The van der Waals surface area contributed by atoms with Crippen molar-refractivity contribution < 1.29 is 13.2 Å². The van der Waals surface area contributed by atoms with Gasteiger partial charge in [0.25, 0.3) is 0 Å². The van der Waals surface area contributed by atoms with Gasteiger partial charge in [0.15, 0.2) is 20.8 Å². The molecular weight excluding hydrogens is 408 g/mol. The summed E-state index contributed by atoms with van der Waals surface area (Å²) in [6.07, 6.45) is 0.511. The zero-order valence-corrected chi connectivity index (χ0v) is 17.5. The first-order valence-corrected chi connectivity index (χ1v) is 11.8. The highest BCUT2D eigenvalue weighted by molar-refractivity contribution is 7.99. The van der Waals surface area contributed by atoms with Crippen molar-refractivity contribution in [1.29, 1.82) is 0 Å². The second-order valence-electron chi connectivity index (χ2n) is 6.40. The van der Waals surface area contributed by atoms with Crippen LogP contribution in [0, 0.1) is 0 Å². The Morgan fingerprint density at radius 2 is 2.04 bits per heavy atom. The number of halogens is 1. The van der Waals surface area contributed by atoms with Gasteiger partial charge in [0.05, 0.1) is 17.3 Å². The van der Waals surface area contributed by atoms with Crippen molar-refractivity contribution in [3.63, 3.8) is 0 Å². The minimum absolute atomic E-state index is 0.0575. The van der Waals surface area contributed by atoms with E-state index in [1.807, 2.05) is 30.7 Å². The highest BCUT2D eigenvalue weighted by Crippen LogP contribution is 2.25. The molecule has 0 aliphatic carbocycles. The molecular formula is C17H21ClN4O3S2. The van der Waals surface area contributed by atoms with Gasteiger partial charge < -0.3 is 9.47 Å². The Morgan fingerprint density at radius 1 is 1.33 bits per heavy atom. The molecule has 1 aromatic carbocycles. The maximum atomic E-state index is 12.6. The number of nitrogens with zero attached hydrogens (tertiary/aromatic N) is 4. The summed E-state index contributed by atoms with van der Waals surface area (Å²) in [6.45, 7) is 2.36. The molecule has 1 aliphatic rings. The van der Waals surface area contributed by atoms with Crippen LogP contribution >= 0.6 is 23.4 Å². The molecule has 10 heteroatoms. The molecule has 0 saturated carbocycles. The molecule has 0 spiro atoms. The van der Waals surface area contributed by atoms with E-state index in [0.717, 1.165) is 5.56 Å². The number of sulfone groups is 1. The van der Waals surface area contributed by atoms with Crippen LogP contribution in [0.25, 0.3) is 11.4 Å². The van der Waals surface area contributed by atoms with Gasteiger partial charge in [-0.15, -0.1) is 10.2 Å². The Bertz CT molecular complexity index is 928. The minimum atomic E-state index is -3.02. The number of hydrogen-bond donors (Lipinski definition) is 0. The summed E-state index contributed by atoms with van der Waals surface area (Å²) in [7, 11) is -1.18. The van der Waals surface area contributed by atoms with Crippen LogP contribution in [0.3, 0.4) is 0 Å². The van der Waals surface area contributed by atoms with Crippen LogP contribution in [0.1, 0.15) is 13.3 Å². The van der Waals surface area contributed by atoms with E-state index in [0.29, 0.717) is 29.0 Å². The molecule has 1 aliphatic heterocycles. The Kier molecular flexibility index (Phi) is 6.12. The number of benzene rings is 1. The lowest BCUT2D eigenvalue weighted by atomic mass is 10.2. The first-order chi connectivity index (χ1) is 12.8. The van der Waals surface area contributed by atoms with Gasteiger partial charge in [-0.25, -0.2) is 8.42 Å². The first-order valence-electron chi connectivity index (χ1n) is 8.58. The molecule has 0 unspecified atom stereocenters. The fraction of sp³-hybridized carbons (Fsp3) is 0.471. The van der Waals surface area contributed by atoms with Crippen molar-refractivity contribution in [2.45, 2.75) is 24.5 Å². The molecule has 0 bridgehead atoms. The van der Waals surface area contributed by atoms with Crippen LogP contribution in [0.2, 0.25) is 5.02 Å². The van der Waals surface area contributed by atoms with Gasteiger partial charge in [-0.1, -0.05) is 23.4 Å². The average Bonchev–Trinajstić information content (AvgIpc) is 3.17. The minimum Gasteiger partial charge on any atom is -0.338 e. The van der Waals surface area contributed by atoms with Crippen molar-refractivity contribution in [2.24, 2.45) is 7.05 Å². The van der Waals surface area contributed by atoms with E-state index in [4.69, 9.17) is 11.6 Å². The molecule has 27 heavy (non-hydrogen) atoms. The number of aromatic nitrogens is 3. The predicted octanol–water partition coefficient (Wildman–Crippen LogP) is 2.26. The van der Waals surface area contributed by atoms with Gasteiger partial charge in [0, 0.05) is 30.2 Å². The third-order valence-corrected chi connectivity index (χ3v) is 7.58. The number of amides is 1. The Hall–Kier alpha value is -1.58. The Balaban J connectivity index is 1.66. The maximum Gasteiger partial charge on any atom is 0.233 e. The summed E-state index contributed by atoms with van der Waals surface area (Å²) in [5.74, 6) is 1.01. The molecule has 1 amide bonds. The first kappa shape index (κ1) is 20.2. The molecule has 3 rings (SSSR count). The summed E-state index contributed by atoms with van der Waals surface area (Å²) in [4.78, 5) is 14.3. The van der Waals surface area contributed by atoms with E-state index < -0.39 is 9.84 Å². The number of thioether (sulfide) groups is 1. The Morgan fingerprint density at radius 3 is 2.63 bits per heavy atom. The normalized spacial score (nSPS) is 18.6. The van der Waals surface area contributed by atoms with E-state index in [1.54, 1.807) is 17.0 Å². The van der Waals surface area contributed by atoms with Gasteiger partial charge in [0.1, 0.15) is 0 Å². The lowest BCUT2D eigenvalue weighted by Crippen LogP contribution is -2.42. The monoisotopic (exact) mass is 428 g/mol. The van der Waals surface area contributed by atoms with Gasteiger partial charge >= 0.3 is 0 Å². The predicted molar refractivity (Wildman–Crippen MR) is 107 cm³/mol. The highest BCUT2D eigenvalue weighted by Gasteiger charge is 2.33. The van der Waals surface area contributed by atoms with Crippen molar-refractivity contribution in [3.05, 3.63) is 29.3 Å². The smallest absolute Gasteiger partial charge is 0.233 e. The zero-order valence-electron chi connectivity index (χ0n) is 15.1. The molecule has 0 N–H and O–H groups in total. The van der Waals surface area contributed by atoms with Gasteiger partial charge in [-0.3, -0.25) is 4.79 Å². The lowest BCUT2D eigenvalue weighted by Gasteiger charge is -2.26. The van der Waals surface area contributed by atoms with Crippen LogP contribution in [-0.2, 0) is 21.7 Å². The molecule has 1 atom stereocenters. The SMILES string of the molecule is CCN(C(=O)CSc1nnc(-c2ccc(Cl)cc2)n1C)[C@@H]1CCS(=O)(=O)C1. The van der Waals surface area contributed by atoms with Crippen LogP contribution in [0.15, 0.2) is 29.4 Å². The van der Waals surface area contributed by atoms with Crippen molar-refractivity contribution in [1.82, 2.24) is 19.7 Å². The zero-order chi connectivity index (χ0) is 19.6. The number of carbonyl (C=O) groups excluding carboxylic acids is 1.